The number of hydrogen-bond acceptors (Lipinski definition) is 3. The first kappa shape index (κ1) is 14.5. The van der Waals surface area contributed by atoms with Crippen LogP contribution in [0, 0.1) is 5.92 Å². The van der Waals surface area contributed by atoms with Crippen LogP contribution in [0.3, 0.4) is 0 Å². The maximum absolute atomic E-state index is 12.3. The van der Waals surface area contributed by atoms with Crippen molar-refractivity contribution >= 4 is 11.6 Å². The van der Waals surface area contributed by atoms with E-state index in [0.29, 0.717) is 12.0 Å². The zero-order valence-electron chi connectivity index (χ0n) is 12.9. The predicted octanol–water partition coefficient (Wildman–Crippen LogP) is 2.40. The van der Waals surface area contributed by atoms with Crippen LogP contribution in [0.5, 0.6) is 0 Å². The van der Waals surface area contributed by atoms with E-state index in [0.717, 1.165) is 24.9 Å². The highest BCUT2D eigenvalue weighted by atomic mass is 16.2. The Balaban J connectivity index is 1.57. The Morgan fingerprint density at radius 3 is 2.90 bits per heavy atom. The van der Waals surface area contributed by atoms with Crippen molar-refractivity contribution in [3.8, 4) is 0 Å². The van der Waals surface area contributed by atoms with Crippen molar-refractivity contribution in [3.63, 3.8) is 0 Å². The first-order valence-electron chi connectivity index (χ1n) is 8.05. The topological polar surface area (TPSA) is 53.2 Å². The number of fused-ring (bicyclic) bond motifs is 1. The van der Waals surface area contributed by atoms with Crippen molar-refractivity contribution in [3.05, 3.63) is 29.3 Å². The van der Waals surface area contributed by atoms with Gasteiger partial charge in [0, 0.05) is 11.7 Å². The maximum atomic E-state index is 12.3. The minimum absolute atomic E-state index is 0.0618. The van der Waals surface area contributed by atoms with Crippen LogP contribution in [0.1, 0.15) is 44.2 Å². The molecular weight excluding hydrogens is 262 g/mol. The summed E-state index contributed by atoms with van der Waals surface area (Å²) in [6.07, 6.45) is 5.50. The highest BCUT2D eigenvalue weighted by Gasteiger charge is 2.29. The van der Waals surface area contributed by atoms with Crippen molar-refractivity contribution < 1.29 is 4.79 Å². The van der Waals surface area contributed by atoms with Crippen LogP contribution in [-0.2, 0) is 17.6 Å². The molecule has 0 saturated carbocycles. The summed E-state index contributed by atoms with van der Waals surface area (Å²) in [5.41, 5.74) is 10.1. The lowest BCUT2D eigenvalue weighted by Crippen LogP contribution is -2.40. The Labute approximate surface area is 126 Å². The molecule has 114 valence electrons. The lowest BCUT2D eigenvalue weighted by Gasteiger charge is -2.12. The largest absolute Gasteiger partial charge is 0.325 e. The summed E-state index contributed by atoms with van der Waals surface area (Å²) in [5, 5.41) is 3.05. The van der Waals surface area contributed by atoms with Gasteiger partial charge in [0.1, 0.15) is 6.04 Å². The van der Waals surface area contributed by atoms with Crippen molar-refractivity contribution in [1.29, 1.82) is 0 Å². The standard InChI is InChI=1S/C17H25N3O/c1-11(2)8-15-10-16(20-19-15)17(21)18-14-7-6-12-4-3-5-13(12)9-14/h6-7,9,11,15-16,19-20H,3-5,8,10H2,1-2H3,(H,18,21). The van der Waals surface area contributed by atoms with Gasteiger partial charge in [-0.1, -0.05) is 19.9 Å². The molecule has 0 bridgehead atoms. The molecule has 21 heavy (non-hydrogen) atoms. The summed E-state index contributed by atoms with van der Waals surface area (Å²) >= 11 is 0. The number of amides is 1. The highest BCUT2D eigenvalue weighted by molar-refractivity contribution is 5.95. The van der Waals surface area contributed by atoms with E-state index in [1.54, 1.807) is 0 Å². The number of hydrogen-bond donors (Lipinski definition) is 3. The van der Waals surface area contributed by atoms with E-state index >= 15 is 0 Å². The smallest absolute Gasteiger partial charge is 0.242 e. The average molecular weight is 287 g/mol. The van der Waals surface area contributed by atoms with Crippen LogP contribution < -0.4 is 16.2 Å². The van der Waals surface area contributed by atoms with E-state index in [4.69, 9.17) is 0 Å². The van der Waals surface area contributed by atoms with Crippen LogP contribution in [0.15, 0.2) is 18.2 Å². The van der Waals surface area contributed by atoms with E-state index in [-0.39, 0.29) is 11.9 Å². The van der Waals surface area contributed by atoms with E-state index in [9.17, 15) is 4.79 Å². The lowest BCUT2D eigenvalue weighted by molar-refractivity contribution is -0.117. The minimum atomic E-state index is -0.137. The molecule has 1 saturated heterocycles. The molecule has 1 fully saturated rings. The molecule has 3 N–H and O–H groups in total. The van der Waals surface area contributed by atoms with Gasteiger partial charge in [-0.3, -0.25) is 10.2 Å². The molecule has 1 heterocycles. The summed E-state index contributed by atoms with van der Waals surface area (Å²) in [7, 11) is 0. The fraction of sp³-hybridized carbons (Fsp3) is 0.588. The quantitative estimate of drug-likeness (QED) is 0.797. The third kappa shape index (κ3) is 3.44. The van der Waals surface area contributed by atoms with Crippen LogP contribution in [0.4, 0.5) is 5.69 Å². The number of aryl methyl sites for hydroxylation is 2. The lowest BCUT2D eigenvalue weighted by atomic mass is 10.00. The van der Waals surface area contributed by atoms with Crippen molar-refractivity contribution in [2.75, 3.05) is 5.32 Å². The summed E-state index contributed by atoms with van der Waals surface area (Å²) in [6, 6.07) is 6.56. The van der Waals surface area contributed by atoms with Crippen LogP contribution in [0.2, 0.25) is 0 Å². The van der Waals surface area contributed by atoms with Gasteiger partial charge >= 0.3 is 0 Å². The van der Waals surface area contributed by atoms with Gasteiger partial charge < -0.3 is 5.32 Å². The molecule has 0 aromatic heterocycles. The zero-order chi connectivity index (χ0) is 14.8. The van der Waals surface area contributed by atoms with Gasteiger partial charge in [-0.05, 0) is 61.3 Å². The normalized spacial score (nSPS) is 24.3. The predicted molar refractivity (Wildman–Crippen MR) is 85.0 cm³/mol. The molecule has 0 spiro atoms. The summed E-state index contributed by atoms with van der Waals surface area (Å²) in [4.78, 5) is 12.3. The highest BCUT2D eigenvalue weighted by Crippen LogP contribution is 2.25. The summed E-state index contributed by atoms with van der Waals surface area (Å²) < 4.78 is 0. The maximum Gasteiger partial charge on any atom is 0.242 e. The molecule has 1 aliphatic carbocycles. The van der Waals surface area contributed by atoms with Crippen LogP contribution >= 0.6 is 0 Å². The number of carbonyl (C=O) groups excluding carboxylic acids is 1. The molecule has 1 aromatic rings. The van der Waals surface area contributed by atoms with Gasteiger partial charge in [0.25, 0.3) is 0 Å². The first-order valence-corrected chi connectivity index (χ1v) is 8.05. The van der Waals surface area contributed by atoms with E-state index < -0.39 is 0 Å². The fourth-order valence-corrected chi connectivity index (χ4v) is 3.40. The molecule has 2 unspecified atom stereocenters. The van der Waals surface area contributed by atoms with Crippen LogP contribution in [-0.4, -0.2) is 18.0 Å². The molecule has 2 aliphatic rings. The van der Waals surface area contributed by atoms with Crippen molar-refractivity contribution in [1.82, 2.24) is 10.9 Å². The summed E-state index contributed by atoms with van der Waals surface area (Å²) in [5.74, 6) is 0.703. The number of hydrazine groups is 1. The molecule has 4 heteroatoms. The second-order valence-electron chi connectivity index (χ2n) is 6.73. The molecule has 1 amide bonds. The van der Waals surface area contributed by atoms with Gasteiger partial charge in [-0.15, -0.1) is 0 Å². The van der Waals surface area contributed by atoms with E-state index in [2.05, 4.69) is 42.1 Å². The van der Waals surface area contributed by atoms with Crippen molar-refractivity contribution in [2.45, 2.75) is 58.0 Å². The minimum Gasteiger partial charge on any atom is -0.325 e. The third-order valence-electron chi connectivity index (χ3n) is 4.42. The Morgan fingerprint density at radius 1 is 1.29 bits per heavy atom. The molecular formula is C17H25N3O. The number of anilines is 1. The number of carbonyl (C=O) groups is 1. The fourth-order valence-electron chi connectivity index (χ4n) is 3.40. The molecule has 1 aromatic carbocycles. The Bertz CT molecular complexity index is 527. The Hall–Kier alpha value is -1.39. The van der Waals surface area contributed by atoms with E-state index in [1.165, 1.54) is 24.0 Å². The average Bonchev–Trinajstić information content (AvgIpc) is 3.06. The molecule has 2 atom stereocenters. The third-order valence-corrected chi connectivity index (χ3v) is 4.42. The summed E-state index contributed by atoms with van der Waals surface area (Å²) in [6.45, 7) is 4.42. The first-order chi connectivity index (χ1) is 10.1. The van der Waals surface area contributed by atoms with Gasteiger partial charge in [-0.2, -0.15) is 0 Å². The Morgan fingerprint density at radius 2 is 2.10 bits per heavy atom. The van der Waals surface area contributed by atoms with Gasteiger partial charge in [0.2, 0.25) is 5.91 Å². The van der Waals surface area contributed by atoms with Crippen molar-refractivity contribution in [2.24, 2.45) is 5.92 Å². The van der Waals surface area contributed by atoms with Gasteiger partial charge in [0.15, 0.2) is 0 Å². The monoisotopic (exact) mass is 287 g/mol. The van der Waals surface area contributed by atoms with Gasteiger partial charge in [-0.25, -0.2) is 5.43 Å². The Kier molecular flexibility index (Phi) is 4.27. The number of nitrogens with one attached hydrogen (secondary N) is 3. The number of rotatable bonds is 4. The molecule has 0 radical (unpaired) electrons. The second-order valence-corrected chi connectivity index (χ2v) is 6.73. The SMILES string of the molecule is CC(C)CC1CC(C(=O)Nc2ccc3c(c2)CCC3)NN1. The molecule has 4 nitrogen and oxygen atoms in total. The van der Waals surface area contributed by atoms with Crippen LogP contribution in [0.25, 0.3) is 0 Å². The van der Waals surface area contributed by atoms with E-state index in [1.807, 2.05) is 6.07 Å². The zero-order valence-corrected chi connectivity index (χ0v) is 12.9. The molecule has 3 rings (SSSR count). The number of benzene rings is 1. The molecule has 1 aliphatic heterocycles. The second kappa shape index (κ2) is 6.16. The van der Waals surface area contributed by atoms with Gasteiger partial charge in [0.05, 0.1) is 0 Å².